The van der Waals surface area contributed by atoms with Gasteiger partial charge in [-0.05, 0) is 6.42 Å². The maximum Gasteiger partial charge on any atom is 0.273 e. The van der Waals surface area contributed by atoms with Gasteiger partial charge in [-0.2, -0.15) is 0 Å². The minimum Gasteiger partial charge on any atom is -0.451 e. The highest BCUT2D eigenvalue weighted by molar-refractivity contribution is 5.91. The van der Waals surface area contributed by atoms with Gasteiger partial charge in [-0.25, -0.2) is 4.98 Å². The molecule has 4 heteroatoms. The average molecular weight is 154 g/mol. The molecular formula is C7H10N2O2. The van der Waals surface area contributed by atoms with Gasteiger partial charge in [0.1, 0.15) is 6.26 Å². The first-order chi connectivity index (χ1) is 5.34. The van der Waals surface area contributed by atoms with Crippen molar-refractivity contribution in [1.29, 1.82) is 0 Å². The maximum absolute atomic E-state index is 11.0. The van der Waals surface area contributed by atoms with Crippen LogP contribution in [0.4, 0.5) is 0 Å². The van der Waals surface area contributed by atoms with Gasteiger partial charge in [0.2, 0.25) is 0 Å². The maximum atomic E-state index is 11.0. The van der Waals surface area contributed by atoms with Gasteiger partial charge in [0.25, 0.3) is 5.91 Å². The van der Waals surface area contributed by atoms with Crippen LogP contribution in [0, 0.1) is 0 Å². The van der Waals surface area contributed by atoms with Gasteiger partial charge in [0, 0.05) is 6.54 Å². The van der Waals surface area contributed by atoms with Crippen LogP contribution in [0.25, 0.3) is 0 Å². The van der Waals surface area contributed by atoms with Crippen molar-refractivity contribution in [2.24, 2.45) is 0 Å². The molecule has 0 unspecified atom stereocenters. The van der Waals surface area contributed by atoms with Crippen molar-refractivity contribution >= 4 is 5.91 Å². The number of nitrogens with zero attached hydrogens (tertiary/aromatic N) is 1. The van der Waals surface area contributed by atoms with Gasteiger partial charge in [-0.3, -0.25) is 4.79 Å². The fourth-order valence-electron chi connectivity index (χ4n) is 0.654. The van der Waals surface area contributed by atoms with E-state index in [2.05, 4.69) is 14.7 Å². The van der Waals surface area contributed by atoms with Crippen molar-refractivity contribution in [2.75, 3.05) is 6.54 Å². The minimum absolute atomic E-state index is 0.180. The summed E-state index contributed by atoms with van der Waals surface area (Å²) in [6.07, 6.45) is 3.48. The van der Waals surface area contributed by atoms with Crippen molar-refractivity contribution in [3.05, 3.63) is 18.4 Å². The lowest BCUT2D eigenvalue weighted by molar-refractivity contribution is 0.0948. The van der Waals surface area contributed by atoms with Crippen LogP contribution < -0.4 is 5.32 Å². The molecule has 4 nitrogen and oxygen atoms in total. The highest BCUT2D eigenvalue weighted by atomic mass is 16.3. The highest BCUT2D eigenvalue weighted by Gasteiger charge is 2.05. The van der Waals surface area contributed by atoms with Crippen LogP contribution in [0.1, 0.15) is 23.8 Å². The van der Waals surface area contributed by atoms with E-state index < -0.39 is 0 Å². The van der Waals surface area contributed by atoms with Crippen molar-refractivity contribution < 1.29 is 9.21 Å². The number of hydrogen-bond donors (Lipinski definition) is 1. The van der Waals surface area contributed by atoms with Gasteiger partial charge in [0.05, 0.1) is 0 Å². The molecular weight excluding hydrogens is 144 g/mol. The first-order valence-corrected chi connectivity index (χ1v) is 3.51. The lowest BCUT2D eigenvalue weighted by atomic mass is 10.4. The molecule has 60 valence electrons. The molecule has 0 saturated heterocycles. The third kappa shape index (κ3) is 2.07. The number of amides is 1. The number of carbonyl (C=O) groups is 1. The number of aromatic nitrogens is 1. The molecule has 0 aliphatic heterocycles. The summed E-state index contributed by atoms with van der Waals surface area (Å²) in [7, 11) is 0. The first-order valence-electron chi connectivity index (χ1n) is 3.51. The Kier molecular flexibility index (Phi) is 2.66. The molecule has 0 saturated carbocycles. The lowest BCUT2D eigenvalue weighted by Crippen LogP contribution is -2.24. The molecule has 1 aromatic heterocycles. The van der Waals surface area contributed by atoms with E-state index in [0.29, 0.717) is 12.2 Å². The summed E-state index contributed by atoms with van der Waals surface area (Å²) in [6, 6.07) is 0. The number of oxazole rings is 1. The first kappa shape index (κ1) is 7.78. The Bertz CT molecular complexity index is 218. The molecule has 1 N–H and O–H groups in total. The molecule has 0 aliphatic carbocycles. The van der Waals surface area contributed by atoms with E-state index in [1.165, 1.54) is 12.7 Å². The van der Waals surface area contributed by atoms with Gasteiger partial charge < -0.3 is 9.73 Å². The standard InChI is InChI=1S/C7H10N2O2/c1-2-3-8-7(10)6-4-11-5-9-6/h4-5H,2-3H2,1H3,(H,8,10). The molecule has 1 rings (SSSR count). The summed E-state index contributed by atoms with van der Waals surface area (Å²) in [5, 5.41) is 2.67. The molecule has 0 atom stereocenters. The van der Waals surface area contributed by atoms with Crippen LogP contribution in [0.3, 0.4) is 0 Å². The minimum atomic E-state index is -0.180. The van der Waals surface area contributed by atoms with Gasteiger partial charge in [-0.15, -0.1) is 0 Å². The van der Waals surface area contributed by atoms with E-state index in [1.54, 1.807) is 0 Å². The Hall–Kier alpha value is -1.32. The predicted molar refractivity (Wildman–Crippen MR) is 39.1 cm³/mol. The summed E-state index contributed by atoms with van der Waals surface area (Å²) in [5.74, 6) is -0.180. The second kappa shape index (κ2) is 3.75. The van der Waals surface area contributed by atoms with Crippen molar-refractivity contribution in [2.45, 2.75) is 13.3 Å². The third-order valence-electron chi connectivity index (χ3n) is 1.20. The largest absolute Gasteiger partial charge is 0.451 e. The van der Waals surface area contributed by atoms with E-state index in [0.717, 1.165) is 6.42 Å². The Morgan fingerprint density at radius 2 is 2.64 bits per heavy atom. The monoisotopic (exact) mass is 154 g/mol. The van der Waals surface area contributed by atoms with E-state index >= 15 is 0 Å². The van der Waals surface area contributed by atoms with E-state index in [9.17, 15) is 4.79 Å². The Balaban J connectivity index is 2.43. The zero-order valence-electron chi connectivity index (χ0n) is 6.33. The van der Waals surface area contributed by atoms with E-state index in [4.69, 9.17) is 0 Å². The molecule has 11 heavy (non-hydrogen) atoms. The fourth-order valence-corrected chi connectivity index (χ4v) is 0.654. The molecule has 0 aromatic carbocycles. The SMILES string of the molecule is CCCNC(=O)c1cocn1. The summed E-state index contributed by atoms with van der Waals surface area (Å²) in [5.41, 5.74) is 0.332. The average Bonchev–Trinajstić information content (AvgIpc) is 2.52. The normalized spacial score (nSPS) is 9.55. The van der Waals surface area contributed by atoms with Gasteiger partial charge in [-0.1, -0.05) is 6.92 Å². The van der Waals surface area contributed by atoms with Crippen LogP contribution in [-0.2, 0) is 0 Å². The number of nitrogens with one attached hydrogen (secondary N) is 1. The van der Waals surface area contributed by atoms with Crippen molar-refractivity contribution in [3.63, 3.8) is 0 Å². The predicted octanol–water partition coefficient (Wildman–Crippen LogP) is 0.814. The van der Waals surface area contributed by atoms with Gasteiger partial charge in [0.15, 0.2) is 12.1 Å². The third-order valence-corrected chi connectivity index (χ3v) is 1.20. The molecule has 1 aromatic rings. The highest BCUT2D eigenvalue weighted by Crippen LogP contribution is 1.92. The molecule has 0 spiro atoms. The molecule has 0 fully saturated rings. The van der Waals surface area contributed by atoms with Crippen molar-refractivity contribution in [1.82, 2.24) is 10.3 Å². The summed E-state index contributed by atoms with van der Waals surface area (Å²) in [6.45, 7) is 2.66. The molecule has 0 bridgehead atoms. The number of rotatable bonds is 3. The van der Waals surface area contributed by atoms with Crippen LogP contribution in [0.2, 0.25) is 0 Å². The zero-order valence-corrected chi connectivity index (χ0v) is 6.33. The van der Waals surface area contributed by atoms with Crippen LogP contribution >= 0.6 is 0 Å². The van der Waals surface area contributed by atoms with Crippen LogP contribution in [0.15, 0.2) is 17.1 Å². The van der Waals surface area contributed by atoms with Crippen molar-refractivity contribution in [3.8, 4) is 0 Å². The Labute approximate surface area is 64.6 Å². The molecule has 1 heterocycles. The Morgan fingerprint density at radius 3 is 3.18 bits per heavy atom. The zero-order chi connectivity index (χ0) is 8.10. The fraction of sp³-hybridized carbons (Fsp3) is 0.429. The van der Waals surface area contributed by atoms with E-state index in [-0.39, 0.29) is 5.91 Å². The molecule has 0 aliphatic rings. The van der Waals surface area contributed by atoms with Crippen LogP contribution in [0.5, 0.6) is 0 Å². The second-order valence-electron chi connectivity index (χ2n) is 2.13. The topological polar surface area (TPSA) is 55.1 Å². The molecule has 0 radical (unpaired) electrons. The van der Waals surface area contributed by atoms with E-state index in [1.807, 2.05) is 6.92 Å². The number of hydrogen-bond acceptors (Lipinski definition) is 3. The summed E-state index contributed by atoms with van der Waals surface area (Å²) >= 11 is 0. The molecule has 1 amide bonds. The Morgan fingerprint density at radius 1 is 1.82 bits per heavy atom. The smallest absolute Gasteiger partial charge is 0.273 e. The quantitative estimate of drug-likeness (QED) is 0.701. The summed E-state index contributed by atoms with van der Waals surface area (Å²) < 4.78 is 4.64. The second-order valence-corrected chi connectivity index (χ2v) is 2.13. The summed E-state index contributed by atoms with van der Waals surface area (Å²) in [4.78, 5) is 14.7. The van der Waals surface area contributed by atoms with Gasteiger partial charge >= 0.3 is 0 Å². The lowest BCUT2D eigenvalue weighted by Gasteiger charge is -1.97. The number of carbonyl (C=O) groups excluding carboxylic acids is 1. The van der Waals surface area contributed by atoms with Crippen LogP contribution in [-0.4, -0.2) is 17.4 Å².